The number of amides is 1. The average Bonchev–Trinajstić information content (AvgIpc) is 2.37. The zero-order valence-corrected chi connectivity index (χ0v) is 12.7. The number of carbonyl (C=O) groups excluding carboxylic acids is 1. The van der Waals surface area contributed by atoms with Gasteiger partial charge in [0.2, 0.25) is 5.91 Å². The van der Waals surface area contributed by atoms with Crippen LogP contribution in [0.2, 0.25) is 0 Å². The number of hydrogen-bond acceptors (Lipinski definition) is 4. The van der Waals surface area contributed by atoms with E-state index in [0.717, 1.165) is 4.90 Å². The van der Waals surface area contributed by atoms with Gasteiger partial charge in [-0.15, -0.1) is 0 Å². The van der Waals surface area contributed by atoms with Gasteiger partial charge in [0.1, 0.15) is 6.54 Å². The number of thioether (sulfide) groups is 1. The molecule has 0 saturated carbocycles. The normalized spacial score (nSPS) is 13.3. The first kappa shape index (κ1) is 19.5. The summed E-state index contributed by atoms with van der Waals surface area (Å²) in [5.41, 5.74) is 5.65. The first-order chi connectivity index (χ1) is 9.31. The Kier molecular flexibility index (Phi) is 10.0. The molecule has 0 aromatic rings. The Morgan fingerprint density at radius 3 is 2.60 bits per heavy atom. The van der Waals surface area contributed by atoms with Crippen LogP contribution in [-0.2, 0) is 9.53 Å². The number of halogens is 3. The third-order valence-corrected chi connectivity index (χ3v) is 3.20. The van der Waals surface area contributed by atoms with Gasteiger partial charge in [-0.3, -0.25) is 4.79 Å². The second kappa shape index (κ2) is 10.3. The number of nitrogens with two attached hydrogens (primary N) is 1. The summed E-state index contributed by atoms with van der Waals surface area (Å²) in [7, 11) is 0. The highest BCUT2D eigenvalue weighted by Gasteiger charge is 2.34. The Hall–Kier alpha value is -0.470. The standard InChI is InChI=1S/C12H23F3N2O2S/c1-3-19-7-4-6-17(9-12(13,14)15)11(18)10(16)5-8-20-2/h10H,3-9,16H2,1-2H3/t10-/m1/s1. The lowest BCUT2D eigenvalue weighted by atomic mass is 10.2. The number of alkyl halides is 3. The van der Waals surface area contributed by atoms with Crippen molar-refractivity contribution in [3.63, 3.8) is 0 Å². The molecule has 0 rings (SSSR count). The molecule has 0 fully saturated rings. The van der Waals surface area contributed by atoms with Crippen LogP contribution < -0.4 is 5.73 Å². The average molecular weight is 316 g/mol. The van der Waals surface area contributed by atoms with Gasteiger partial charge in [-0.1, -0.05) is 0 Å². The fourth-order valence-corrected chi connectivity index (χ4v) is 2.08. The maximum atomic E-state index is 12.5. The fraction of sp³-hybridized carbons (Fsp3) is 0.917. The van der Waals surface area contributed by atoms with E-state index in [2.05, 4.69) is 0 Å². The molecule has 0 heterocycles. The van der Waals surface area contributed by atoms with Crippen molar-refractivity contribution in [3.05, 3.63) is 0 Å². The molecule has 0 aromatic carbocycles. The number of hydrogen-bond donors (Lipinski definition) is 1. The minimum Gasteiger partial charge on any atom is -0.382 e. The molecule has 0 aliphatic heterocycles. The summed E-state index contributed by atoms with van der Waals surface area (Å²) in [5.74, 6) is -0.000934. The molecule has 1 atom stereocenters. The zero-order chi connectivity index (χ0) is 15.6. The van der Waals surface area contributed by atoms with E-state index in [1.54, 1.807) is 6.92 Å². The van der Waals surface area contributed by atoms with Crippen LogP contribution >= 0.6 is 11.8 Å². The molecular formula is C12H23F3N2O2S. The van der Waals surface area contributed by atoms with E-state index in [-0.39, 0.29) is 6.54 Å². The van der Waals surface area contributed by atoms with E-state index in [0.29, 0.717) is 31.8 Å². The Morgan fingerprint density at radius 2 is 2.10 bits per heavy atom. The van der Waals surface area contributed by atoms with Crippen LogP contribution in [0.1, 0.15) is 19.8 Å². The van der Waals surface area contributed by atoms with Crippen LogP contribution in [0, 0.1) is 0 Å². The van der Waals surface area contributed by atoms with Gasteiger partial charge in [0.05, 0.1) is 6.04 Å². The molecule has 8 heteroatoms. The van der Waals surface area contributed by atoms with Gasteiger partial charge >= 0.3 is 6.18 Å². The smallest absolute Gasteiger partial charge is 0.382 e. The van der Waals surface area contributed by atoms with Crippen LogP contribution in [0.5, 0.6) is 0 Å². The lowest BCUT2D eigenvalue weighted by Gasteiger charge is -2.26. The second-order valence-corrected chi connectivity index (χ2v) is 5.30. The Labute approximate surface area is 122 Å². The van der Waals surface area contributed by atoms with Gasteiger partial charge < -0.3 is 15.4 Å². The predicted molar refractivity (Wildman–Crippen MR) is 74.7 cm³/mol. The topological polar surface area (TPSA) is 55.6 Å². The highest BCUT2D eigenvalue weighted by atomic mass is 32.2. The lowest BCUT2D eigenvalue weighted by Crippen LogP contribution is -2.48. The maximum absolute atomic E-state index is 12.5. The predicted octanol–water partition coefficient (Wildman–Crippen LogP) is 1.88. The highest BCUT2D eigenvalue weighted by molar-refractivity contribution is 7.98. The number of carbonyl (C=O) groups is 1. The summed E-state index contributed by atoms with van der Waals surface area (Å²) in [6, 6.07) is -0.878. The van der Waals surface area contributed by atoms with Crippen LogP contribution in [0.15, 0.2) is 0 Å². The first-order valence-corrected chi connectivity index (χ1v) is 7.89. The number of ether oxygens (including phenoxy) is 1. The summed E-state index contributed by atoms with van der Waals surface area (Å²) < 4.78 is 42.5. The quantitative estimate of drug-likeness (QED) is 0.625. The van der Waals surface area contributed by atoms with Crippen LogP contribution in [0.25, 0.3) is 0 Å². The molecule has 0 radical (unpaired) electrons. The molecule has 4 nitrogen and oxygen atoms in total. The van der Waals surface area contributed by atoms with E-state index in [9.17, 15) is 18.0 Å². The van der Waals surface area contributed by atoms with E-state index in [4.69, 9.17) is 10.5 Å². The van der Waals surface area contributed by atoms with Crippen molar-refractivity contribution in [1.29, 1.82) is 0 Å². The molecule has 0 aliphatic carbocycles. The number of rotatable bonds is 10. The molecule has 0 unspecified atom stereocenters. The van der Waals surface area contributed by atoms with Crippen LogP contribution in [-0.4, -0.2) is 61.3 Å². The fourth-order valence-electron chi connectivity index (χ4n) is 1.59. The molecule has 0 bridgehead atoms. The molecule has 0 aromatic heterocycles. The van der Waals surface area contributed by atoms with Crippen molar-refractivity contribution >= 4 is 17.7 Å². The van der Waals surface area contributed by atoms with Crippen molar-refractivity contribution in [1.82, 2.24) is 4.90 Å². The number of nitrogens with zero attached hydrogens (tertiary/aromatic N) is 1. The third-order valence-electron chi connectivity index (χ3n) is 2.55. The van der Waals surface area contributed by atoms with Crippen molar-refractivity contribution < 1.29 is 22.7 Å². The molecule has 0 spiro atoms. The molecular weight excluding hydrogens is 293 g/mol. The first-order valence-electron chi connectivity index (χ1n) is 6.49. The van der Waals surface area contributed by atoms with Crippen LogP contribution in [0.3, 0.4) is 0 Å². The highest BCUT2D eigenvalue weighted by Crippen LogP contribution is 2.17. The van der Waals surface area contributed by atoms with Gasteiger partial charge in [-0.25, -0.2) is 0 Å². The maximum Gasteiger partial charge on any atom is 0.406 e. The van der Waals surface area contributed by atoms with E-state index >= 15 is 0 Å². The molecule has 0 aliphatic rings. The zero-order valence-electron chi connectivity index (χ0n) is 11.9. The summed E-state index contributed by atoms with van der Waals surface area (Å²) in [5, 5.41) is 0. The molecule has 0 saturated heterocycles. The van der Waals surface area contributed by atoms with E-state index in [1.165, 1.54) is 11.8 Å². The summed E-state index contributed by atoms with van der Waals surface area (Å²) in [6.07, 6.45) is -1.82. The van der Waals surface area contributed by atoms with E-state index < -0.39 is 24.7 Å². The molecule has 120 valence electrons. The van der Waals surface area contributed by atoms with Gasteiger partial charge in [-0.2, -0.15) is 24.9 Å². The van der Waals surface area contributed by atoms with Crippen LogP contribution in [0.4, 0.5) is 13.2 Å². The largest absolute Gasteiger partial charge is 0.406 e. The summed E-state index contributed by atoms with van der Waals surface area (Å²) >= 11 is 1.50. The van der Waals surface area contributed by atoms with Crippen molar-refractivity contribution in [2.75, 3.05) is 38.3 Å². The van der Waals surface area contributed by atoms with Crippen molar-refractivity contribution in [2.24, 2.45) is 5.73 Å². The van der Waals surface area contributed by atoms with Gasteiger partial charge in [0, 0.05) is 19.8 Å². The van der Waals surface area contributed by atoms with Gasteiger partial charge in [-0.05, 0) is 31.8 Å². The van der Waals surface area contributed by atoms with E-state index in [1.807, 2.05) is 6.26 Å². The summed E-state index contributed by atoms with van der Waals surface area (Å²) in [4.78, 5) is 12.7. The second-order valence-electron chi connectivity index (χ2n) is 4.31. The van der Waals surface area contributed by atoms with Gasteiger partial charge in [0.25, 0.3) is 0 Å². The Morgan fingerprint density at radius 1 is 1.45 bits per heavy atom. The minimum atomic E-state index is -4.42. The Balaban J connectivity index is 4.45. The van der Waals surface area contributed by atoms with Crippen molar-refractivity contribution in [2.45, 2.75) is 32.0 Å². The Bertz CT molecular complexity index is 278. The molecule has 20 heavy (non-hydrogen) atoms. The van der Waals surface area contributed by atoms with Crippen molar-refractivity contribution in [3.8, 4) is 0 Å². The third kappa shape index (κ3) is 9.44. The molecule has 1 amide bonds. The SMILES string of the molecule is CCOCCCN(CC(F)(F)F)C(=O)[C@H](N)CCSC. The minimum absolute atomic E-state index is 0.00527. The summed E-state index contributed by atoms with van der Waals surface area (Å²) in [6.45, 7) is 1.38. The lowest BCUT2D eigenvalue weighted by molar-refractivity contribution is -0.162. The van der Waals surface area contributed by atoms with Gasteiger partial charge in [0.15, 0.2) is 0 Å². The molecule has 2 N–H and O–H groups in total. The monoisotopic (exact) mass is 316 g/mol.